The van der Waals surface area contributed by atoms with Crippen LogP contribution in [0.3, 0.4) is 0 Å². The molecule has 59 heavy (non-hydrogen) atoms. The smallest absolute Gasteiger partial charge is 0.103 e. The van der Waals surface area contributed by atoms with Crippen molar-refractivity contribution >= 4 is 0 Å². The molecule has 0 fully saturated rings. The SMILES string of the molecule is CCCCCCCCCCCCCCCCCCCCCCCCC(OC(CCCCCCCCCCCCCCCCCCCCCCCC)C(O)CO)C(O)CO. The van der Waals surface area contributed by atoms with E-state index < -0.39 is 24.4 Å². The second kappa shape index (κ2) is 50.4. The number of unbranched alkanes of at least 4 members (excludes halogenated alkanes) is 42. The molecule has 0 saturated heterocycles. The van der Waals surface area contributed by atoms with E-state index in [0.717, 1.165) is 25.7 Å². The van der Waals surface area contributed by atoms with Crippen molar-refractivity contribution in [1.29, 1.82) is 0 Å². The van der Waals surface area contributed by atoms with E-state index in [9.17, 15) is 20.4 Å². The van der Waals surface area contributed by atoms with Crippen LogP contribution in [-0.4, -0.2) is 58.1 Å². The van der Waals surface area contributed by atoms with E-state index >= 15 is 0 Å². The Morgan fingerprint density at radius 2 is 0.407 bits per heavy atom. The highest BCUT2D eigenvalue weighted by atomic mass is 16.5. The summed E-state index contributed by atoms with van der Waals surface area (Å²) in [5.74, 6) is 0. The summed E-state index contributed by atoms with van der Waals surface area (Å²) in [6.07, 6.45) is 58.2. The lowest BCUT2D eigenvalue weighted by molar-refractivity contribution is -0.137. The van der Waals surface area contributed by atoms with Crippen LogP contribution < -0.4 is 0 Å². The van der Waals surface area contributed by atoms with Gasteiger partial charge >= 0.3 is 0 Å². The van der Waals surface area contributed by atoms with Gasteiger partial charge in [-0.25, -0.2) is 0 Å². The number of aliphatic hydroxyl groups is 4. The predicted molar refractivity (Wildman–Crippen MR) is 259 cm³/mol. The first-order chi connectivity index (χ1) is 29.1. The Balaban J connectivity index is 3.77. The van der Waals surface area contributed by atoms with E-state index in [1.807, 2.05) is 0 Å². The minimum absolute atomic E-state index is 0.342. The fourth-order valence-electron chi connectivity index (χ4n) is 9.07. The van der Waals surface area contributed by atoms with Crippen molar-refractivity contribution < 1.29 is 25.2 Å². The summed E-state index contributed by atoms with van der Waals surface area (Å²) in [6, 6.07) is 0. The summed E-state index contributed by atoms with van der Waals surface area (Å²) in [6.45, 7) is 3.90. The molecule has 0 aromatic carbocycles. The van der Waals surface area contributed by atoms with Crippen LogP contribution in [0.15, 0.2) is 0 Å². The van der Waals surface area contributed by atoms with Gasteiger partial charge in [0.1, 0.15) is 12.2 Å². The van der Waals surface area contributed by atoms with Crippen LogP contribution in [-0.2, 0) is 4.74 Å². The van der Waals surface area contributed by atoms with Gasteiger partial charge in [0, 0.05) is 0 Å². The van der Waals surface area contributed by atoms with Crippen molar-refractivity contribution in [2.24, 2.45) is 0 Å². The quantitative estimate of drug-likeness (QED) is 0.0458. The topological polar surface area (TPSA) is 90.2 Å². The van der Waals surface area contributed by atoms with E-state index in [0.29, 0.717) is 12.8 Å². The zero-order valence-corrected chi connectivity index (χ0v) is 40.4. The molecule has 0 amide bonds. The molecule has 0 heterocycles. The largest absolute Gasteiger partial charge is 0.394 e. The molecule has 0 aliphatic carbocycles. The van der Waals surface area contributed by atoms with Crippen LogP contribution in [0.4, 0.5) is 0 Å². The molecule has 0 aliphatic rings. The van der Waals surface area contributed by atoms with Crippen LogP contribution in [0, 0.1) is 0 Å². The first-order valence-corrected chi connectivity index (χ1v) is 27.3. The normalized spacial score (nSPS) is 13.9. The first kappa shape index (κ1) is 58.8. The Morgan fingerprint density at radius 1 is 0.254 bits per heavy atom. The van der Waals surface area contributed by atoms with Gasteiger partial charge in [0.25, 0.3) is 0 Å². The third-order valence-electron chi connectivity index (χ3n) is 13.3. The predicted octanol–water partition coefficient (Wildman–Crippen LogP) is 16.4. The van der Waals surface area contributed by atoms with Gasteiger partial charge in [0.2, 0.25) is 0 Å². The fraction of sp³-hybridized carbons (Fsp3) is 1.00. The molecule has 4 N–H and O–H groups in total. The van der Waals surface area contributed by atoms with Gasteiger partial charge in [0.05, 0.1) is 25.4 Å². The lowest BCUT2D eigenvalue weighted by Gasteiger charge is -2.30. The lowest BCUT2D eigenvalue weighted by Crippen LogP contribution is -2.41. The van der Waals surface area contributed by atoms with Gasteiger partial charge < -0.3 is 25.2 Å². The average Bonchev–Trinajstić information content (AvgIpc) is 3.25. The highest BCUT2D eigenvalue weighted by molar-refractivity contribution is 4.76. The summed E-state index contributed by atoms with van der Waals surface area (Å²) < 4.78 is 6.23. The molecular weight excluding hydrogens is 729 g/mol. The van der Waals surface area contributed by atoms with E-state index in [2.05, 4.69) is 13.8 Å². The molecule has 5 heteroatoms. The van der Waals surface area contributed by atoms with Gasteiger partial charge in [-0.05, 0) is 12.8 Å². The second-order valence-corrected chi connectivity index (χ2v) is 19.1. The van der Waals surface area contributed by atoms with Crippen LogP contribution in [0.25, 0.3) is 0 Å². The molecule has 0 bridgehead atoms. The third-order valence-corrected chi connectivity index (χ3v) is 13.3. The van der Waals surface area contributed by atoms with E-state index in [1.165, 1.54) is 257 Å². The average molecular weight is 839 g/mol. The molecule has 5 nitrogen and oxygen atoms in total. The molecule has 4 unspecified atom stereocenters. The number of ether oxygens (including phenoxy) is 1. The summed E-state index contributed by atoms with van der Waals surface area (Å²) in [4.78, 5) is 0. The summed E-state index contributed by atoms with van der Waals surface area (Å²) in [7, 11) is 0. The number of hydrogen-bond acceptors (Lipinski definition) is 5. The minimum atomic E-state index is -0.956. The maximum absolute atomic E-state index is 10.5. The van der Waals surface area contributed by atoms with Crippen molar-refractivity contribution in [1.82, 2.24) is 0 Å². The van der Waals surface area contributed by atoms with Gasteiger partial charge in [-0.1, -0.05) is 296 Å². The molecule has 0 rings (SSSR count). The maximum Gasteiger partial charge on any atom is 0.103 e. The molecule has 0 saturated carbocycles. The monoisotopic (exact) mass is 839 g/mol. The maximum atomic E-state index is 10.5. The van der Waals surface area contributed by atoms with Gasteiger partial charge in [-0.15, -0.1) is 0 Å². The van der Waals surface area contributed by atoms with Crippen molar-refractivity contribution in [3.8, 4) is 0 Å². The van der Waals surface area contributed by atoms with E-state index in [-0.39, 0.29) is 13.2 Å². The van der Waals surface area contributed by atoms with E-state index in [4.69, 9.17) is 4.74 Å². The Kier molecular flexibility index (Phi) is 50.3. The van der Waals surface area contributed by atoms with Gasteiger partial charge in [-0.3, -0.25) is 0 Å². The minimum Gasteiger partial charge on any atom is -0.394 e. The van der Waals surface area contributed by atoms with Crippen molar-refractivity contribution in [2.45, 2.75) is 334 Å². The molecule has 0 aromatic heterocycles. The summed E-state index contributed by atoms with van der Waals surface area (Å²) in [5.41, 5.74) is 0. The number of aliphatic hydroxyl groups excluding tert-OH is 4. The Morgan fingerprint density at radius 3 is 0.559 bits per heavy atom. The molecule has 0 spiro atoms. The lowest BCUT2D eigenvalue weighted by atomic mass is 10.0. The standard InChI is InChI=1S/C54H110O5/c1-3-5-7-9-11-13-15-17-19-21-23-25-27-29-31-33-35-37-39-41-43-45-47-53(51(57)49-55)59-54(52(58)50-56)48-46-44-42-40-38-36-34-32-30-28-26-24-22-20-18-16-14-12-10-8-6-4-2/h51-58H,3-50H2,1-2H3. The van der Waals surface area contributed by atoms with Crippen molar-refractivity contribution in [3.63, 3.8) is 0 Å². The van der Waals surface area contributed by atoms with Crippen LogP contribution in [0.5, 0.6) is 0 Å². The molecular formula is C54H110O5. The third kappa shape index (κ3) is 44.2. The zero-order chi connectivity index (χ0) is 43.0. The highest BCUT2D eigenvalue weighted by Crippen LogP contribution is 2.22. The number of hydrogen-bond donors (Lipinski definition) is 4. The van der Waals surface area contributed by atoms with E-state index in [1.54, 1.807) is 0 Å². The Labute approximate surface area is 370 Å². The van der Waals surface area contributed by atoms with Gasteiger partial charge in [-0.2, -0.15) is 0 Å². The van der Waals surface area contributed by atoms with Crippen LogP contribution >= 0.6 is 0 Å². The first-order valence-electron chi connectivity index (χ1n) is 27.3. The fourth-order valence-corrected chi connectivity index (χ4v) is 9.07. The summed E-state index contributed by atoms with van der Waals surface area (Å²) >= 11 is 0. The molecule has 0 aromatic rings. The van der Waals surface area contributed by atoms with Crippen molar-refractivity contribution in [2.75, 3.05) is 13.2 Å². The Hall–Kier alpha value is -0.200. The zero-order valence-electron chi connectivity index (χ0n) is 40.4. The molecule has 356 valence electrons. The van der Waals surface area contributed by atoms with Crippen molar-refractivity contribution in [3.05, 3.63) is 0 Å². The summed E-state index contributed by atoms with van der Waals surface area (Å²) in [5, 5.41) is 40.5. The molecule has 0 aliphatic heterocycles. The van der Waals surface area contributed by atoms with Crippen LogP contribution in [0.1, 0.15) is 309 Å². The highest BCUT2D eigenvalue weighted by Gasteiger charge is 2.27. The Bertz CT molecular complexity index is 688. The van der Waals surface area contributed by atoms with Crippen LogP contribution in [0.2, 0.25) is 0 Å². The second-order valence-electron chi connectivity index (χ2n) is 19.1. The molecule has 4 atom stereocenters. The molecule has 0 radical (unpaired) electrons. The number of rotatable bonds is 52. The van der Waals surface area contributed by atoms with Gasteiger partial charge in [0.15, 0.2) is 0 Å².